The van der Waals surface area contributed by atoms with Gasteiger partial charge in [-0.1, -0.05) is 61.0 Å². The first kappa shape index (κ1) is 29.1. The zero-order valence-corrected chi connectivity index (χ0v) is 23.5. The Hall–Kier alpha value is -3.51. The molecule has 0 spiro atoms. The van der Waals surface area contributed by atoms with Crippen LogP contribution in [-0.2, 0) is 22.6 Å². The van der Waals surface area contributed by atoms with Crippen LogP contribution in [0.3, 0.4) is 0 Å². The van der Waals surface area contributed by atoms with Crippen LogP contribution in [0.5, 0.6) is 11.5 Å². The van der Waals surface area contributed by atoms with E-state index in [1.807, 2.05) is 94.4 Å². The number of hydrogen-bond acceptors (Lipinski definition) is 4. The molecule has 7 heteroatoms. The molecule has 38 heavy (non-hydrogen) atoms. The second kappa shape index (κ2) is 13.9. The maximum atomic E-state index is 13.8. The summed E-state index contributed by atoms with van der Waals surface area (Å²) in [5, 5.41) is 3.75. The van der Waals surface area contributed by atoms with E-state index in [1.54, 1.807) is 12.0 Å². The van der Waals surface area contributed by atoms with E-state index in [4.69, 9.17) is 21.1 Å². The van der Waals surface area contributed by atoms with Gasteiger partial charge in [-0.25, -0.2) is 0 Å². The first-order chi connectivity index (χ1) is 18.2. The number of amides is 2. The van der Waals surface area contributed by atoms with Crippen molar-refractivity contribution in [1.29, 1.82) is 0 Å². The lowest BCUT2D eigenvalue weighted by atomic mass is 10.0. The summed E-state index contributed by atoms with van der Waals surface area (Å²) in [7, 11) is 1.60. The molecule has 3 aromatic carbocycles. The van der Waals surface area contributed by atoms with Crippen LogP contribution in [0.2, 0.25) is 5.02 Å². The van der Waals surface area contributed by atoms with Gasteiger partial charge in [0.25, 0.3) is 5.91 Å². The first-order valence-corrected chi connectivity index (χ1v) is 13.3. The summed E-state index contributed by atoms with van der Waals surface area (Å²) in [4.78, 5) is 29.0. The SMILES string of the molecule is CCC(C)NC(=O)C(Cc1ccccc1)N(Cc1cccc(OC)c1)C(=O)COc1cc(C)c(Cl)c(C)c1. The van der Waals surface area contributed by atoms with Crippen molar-refractivity contribution in [2.75, 3.05) is 13.7 Å². The Kier molecular flexibility index (Phi) is 10.6. The van der Waals surface area contributed by atoms with Gasteiger partial charge in [0.05, 0.1) is 7.11 Å². The van der Waals surface area contributed by atoms with Crippen LogP contribution in [0.15, 0.2) is 66.7 Å². The molecule has 0 aliphatic carbocycles. The van der Waals surface area contributed by atoms with E-state index in [0.29, 0.717) is 22.9 Å². The fraction of sp³-hybridized carbons (Fsp3) is 0.355. The minimum Gasteiger partial charge on any atom is -0.497 e. The molecule has 3 rings (SSSR count). The Morgan fingerprint density at radius 2 is 1.61 bits per heavy atom. The molecule has 0 heterocycles. The van der Waals surface area contributed by atoms with E-state index in [-0.39, 0.29) is 31.0 Å². The minimum atomic E-state index is -0.734. The van der Waals surface area contributed by atoms with Gasteiger partial charge < -0.3 is 19.7 Å². The van der Waals surface area contributed by atoms with E-state index >= 15 is 0 Å². The number of ether oxygens (including phenoxy) is 2. The monoisotopic (exact) mass is 536 g/mol. The highest BCUT2D eigenvalue weighted by Gasteiger charge is 2.31. The number of carbonyl (C=O) groups excluding carboxylic acids is 2. The van der Waals surface area contributed by atoms with Crippen LogP contribution in [0.4, 0.5) is 0 Å². The number of carbonyl (C=O) groups is 2. The lowest BCUT2D eigenvalue weighted by Gasteiger charge is -2.32. The molecule has 0 aliphatic heterocycles. The van der Waals surface area contributed by atoms with Crippen LogP contribution in [0.25, 0.3) is 0 Å². The number of nitrogens with zero attached hydrogens (tertiary/aromatic N) is 1. The molecule has 0 saturated heterocycles. The predicted octanol–water partition coefficient (Wildman–Crippen LogP) is 5.90. The van der Waals surface area contributed by atoms with E-state index in [2.05, 4.69) is 5.32 Å². The summed E-state index contributed by atoms with van der Waals surface area (Å²) in [5.74, 6) is 0.751. The zero-order chi connectivity index (χ0) is 27.7. The van der Waals surface area contributed by atoms with E-state index in [9.17, 15) is 9.59 Å². The molecule has 0 aliphatic rings. The number of halogens is 1. The Labute approximate surface area is 230 Å². The highest BCUT2D eigenvalue weighted by atomic mass is 35.5. The van der Waals surface area contributed by atoms with Gasteiger partial charge in [-0.15, -0.1) is 0 Å². The Balaban J connectivity index is 1.94. The number of benzene rings is 3. The second-order valence-corrected chi connectivity index (χ2v) is 9.93. The van der Waals surface area contributed by atoms with Crippen molar-refractivity contribution in [2.24, 2.45) is 0 Å². The minimum absolute atomic E-state index is 0.0224. The summed E-state index contributed by atoms with van der Waals surface area (Å²) >= 11 is 6.30. The van der Waals surface area contributed by atoms with Crippen molar-refractivity contribution < 1.29 is 19.1 Å². The standard InChI is InChI=1S/C31H37ClN2O4/c1-6-23(4)33-31(36)28(18-24-11-8-7-9-12-24)34(19-25-13-10-14-26(17-25)37-5)29(35)20-38-27-15-21(2)30(32)22(3)16-27/h7-17,23,28H,6,18-20H2,1-5H3,(H,33,36). The number of nitrogens with one attached hydrogen (secondary N) is 1. The normalized spacial score (nSPS) is 12.4. The van der Waals surface area contributed by atoms with Gasteiger partial charge in [-0.3, -0.25) is 9.59 Å². The van der Waals surface area contributed by atoms with Crippen molar-refractivity contribution in [1.82, 2.24) is 10.2 Å². The average Bonchev–Trinajstić information content (AvgIpc) is 2.92. The lowest BCUT2D eigenvalue weighted by Crippen LogP contribution is -2.53. The van der Waals surface area contributed by atoms with Gasteiger partial charge in [0.1, 0.15) is 17.5 Å². The fourth-order valence-corrected chi connectivity index (χ4v) is 4.29. The topological polar surface area (TPSA) is 67.9 Å². The van der Waals surface area contributed by atoms with Gasteiger partial charge in [0.2, 0.25) is 5.91 Å². The Bertz CT molecular complexity index is 1210. The summed E-state index contributed by atoms with van der Waals surface area (Å²) in [5.41, 5.74) is 3.56. The van der Waals surface area contributed by atoms with Crippen LogP contribution in [-0.4, -0.2) is 42.5 Å². The molecular weight excluding hydrogens is 500 g/mol. The summed E-state index contributed by atoms with van der Waals surface area (Å²) in [6.45, 7) is 7.78. The lowest BCUT2D eigenvalue weighted by molar-refractivity contribution is -0.143. The second-order valence-electron chi connectivity index (χ2n) is 9.56. The third-order valence-corrected chi connectivity index (χ3v) is 7.13. The quantitative estimate of drug-likeness (QED) is 0.313. The van der Waals surface area contributed by atoms with Gasteiger partial charge in [-0.2, -0.15) is 0 Å². The van der Waals surface area contributed by atoms with Gasteiger partial charge >= 0.3 is 0 Å². The summed E-state index contributed by atoms with van der Waals surface area (Å²) in [6.07, 6.45) is 1.16. The molecule has 2 atom stereocenters. The van der Waals surface area contributed by atoms with Crippen LogP contribution in [0.1, 0.15) is 42.5 Å². The highest BCUT2D eigenvalue weighted by Crippen LogP contribution is 2.26. The number of hydrogen-bond donors (Lipinski definition) is 1. The third-order valence-electron chi connectivity index (χ3n) is 6.53. The maximum Gasteiger partial charge on any atom is 0.261 e. The molecule has 2 amide bonds. The van der Waals surface area contributed by atoms with Crippen molar-refractivity contribution in [3.63, 3.8) is 0 Å². The molecule has 0 radical (unpaired) electrons. The Morgan fingerprint density at radius 3 is 2.24 bits per heavy atom. The van der Waals surface area contributed by atoms with E-state index in [0.717, 1.165) is 28.7 Å². The number of methoxy groups -OCH3 is 1. The molecule has 3 aromatic rings. The van der Waals surface area contributed by atoms with Crippen molar-refractivity contribution in [2.45, 2.75) is 59.2 Å². The molecule has 0 saturated carbocycles. The molecule has 6 nitrogen and oxygen atoms in total. The van der Waals surface area contributed by atoms with E-state index in [1.165, 1.54) is 0 Å². The van der Waals surface area contributed by atoms with Crippen molar-refractivity contribution in [3.8, 4) is 11.5 Å². The van der Waals surface area contributed by atoms with Gasteiger partial charge in [0.15, 0.2) is 6.61 Å². The fourth-order valence-electron chi connectivity index (χ4n) is 4.18. The molecule has 0 bridgehead atoms. The van der Waals surface area contributed by atoms with Gasteiger partial charge in [-0.05, 0) is 73.7 Å². The Morgan fingerprint density at radius 1 is 0.947 bits per heavy atom. The maximum absolute atomic E-state index is 13.8. The molecular formula is C31H37ClN2O4. The third kappa shape index (κ3) is 7.99. The molecule has 2 unspecified atom stereocenters. The number of rotatable bonds is 12. The van der Waals surface area contributed by atoms with Crippen LogP contribution < -0.4 is 14.8 Å². The van der Waals surface area contributed by atoms with Crippen molar-refractivity contribution in [3.05, 3.63) is 94.0 Å². The zero-order valence-electron chi connectivity index (χ0n) is 22.8. The van der Waals surface area contributed by atoms with Crippen LogP contribution >= 0.6 is 11.6 Å². The van der Waals surface area contributed by atoms with Gasteiger partial charge in [0, 0.05) is 24.0 Å². The summed E-state index contributed by atoms with van der Waals surface area (Å²) in [6, 6.07) is 20.1. The molecule has 1 N–H and O–H groups in total. The average molecular weight is 537 g/mol. The molecule has 0 fully saturated rings. The number of aryl methyl sites for hydroxylation is 2. The summed E-state index contributed by atoms with van der Waals surface area (Å²) < 4.78 is 11.3. The van der Waals surface area contributed by atoms with Crippen molar-refractivity contribution >= 4 is 23.4 Å². The van der Waals surface area contributed by atoms with Crippen LogP contribution in [0, 0.1) is 13.8 Å². The molecule has 202 valence electrons. The van der Waals surface area contributed by atoms with E-state index < -0.39 is 6.04 Å². The smallest absolute Gasteiger partial charge is 0.261 e. The molecule has 0 aromatic heterocycles. The largest absolute Gasteiger partial charge is 0.497 e. The predicted molar refractivity (Wildman–Crippen MR) is 152 cm³/mol. The highest BCUT2D eigenvalue weighted by molar-refractivity contribution is 6.32. The first-order valence-electron chi connectivity index (χ1n) is 12.9.